The number of halogens is 3. The normalized spacial score (nSPS) is 11.4. The molecule has 0 aliphatic carbocycles. The molecular formula is C22H14F3N5O3. The van der Waals surface area contributed by atoms with Crippen LogP contribution in [0.3, 0.4) is 0 Å². The van der Waals surface area contributed by atoms with E-state index in [1.54, 1.807) is 12.1 Å². The highest BCUT2D eigenvalue weighted by atomic mass is 19.4. The van der Waals surface area contributed by atoms with E-state index in [4.69, 9.17) is 5.73 Å². The van der Waals surface area contributed by atoms with Crippen molar-refractivity contribution in [3.63, 3.8) is 0 Å². The second-order valence-corrected chi connectivity index (χ2v) is 6.99. The van der Waals surface area contributed by atoms with Gasteiger partial charge < -0.3 is 10.8 Å². The van der Waals surface area contributed by atoms with Gasteiger partial charge >= 0.3 is 12.1 Å². The number of hydrogen-bond donors (Lipinski definition) is 2. The summed E-state index contributed by atoms with van der Waals surface area (Å²) in [5, 5.41) is 17.5. The van der Waals surface area contributed by atoms with Crippen LogP contribution in [-0.4, -0.2) is 37.0 Å². The summed E-state index contributed by atoms with van der Waals surface area (Å²) in [7, 11) is 0. The summed E-state index contributed by atoms with van der Waals surface area (Å²) < 4.78 is 39.7. The lowest BCUT2D eigenvalue weighted by Gasteiger charge is -2.08. The lowest BCUT2D eigenvalue weighted by molar-refractivity contribution is -0.137. The van der Waals surface area contributed by atoms with E-state index < -0.39 is 23.6 Å². The number of carbonyl (C=O) groups is 2. The molecular weight excluding hydrogens is 439 g/mol. The smallest absolute Gasteiger partial charge is 0.416 e. The van der Waals surface area contributed by atoms with Gasteiger partial charge in [0.1, 0.15) is 11.4 Å². The molecule has 2 aromatic carbocycles. The van der Waals surface area contributed by atoms with Crippen molar-refractivity contribution < 1.29 is 27.9 Å². The van der Waals surface area contributed by atoms with E-state index in [1.165, 1.54) is 47.4 Å². The zero-order chi connectivity index (χ0) is 23.8. The van der Waals surface area contributed by atoms with Crippen molar-refractivity contribution in [2.75, 3.05) is 0 Å². The summed E-state index contributed by atoms with van der Waals surface area (Å²) in [6.07, 6.45) is -1.59. The van der Waals surface area contributed by atoms with Gasteiger partial charge in [-0.05, 0) is 42.0 Å². The van der Waals surface area contributed by atoms with E-state index in [-0.39, 0.29) is 11.3 Å². The van der Waals surface area contributed by atoms with E-state index in [0.717, 1.165) is 12.1 Å². The number of hydrogen-bond acceptors (Lipinski definition) is 5. The van der Waals surface area contributed by atoms with Crippen molar-refractivity contribution in [1.82, 2.24) is 20.0 Å². The van der Waals surface area contributed by atoms with Gasteiger partial charge in [-0.15, -0.1) is 5.10 Å². The summed E-state index contributed by atoms with van der Waals surface area (Å²) in [5.74, 6) is -1.87. The average molecular weight is 453 g/mol. The van der Waals surface area contributed by atoms with Crippen molar-refractivity contribution in [3.05, 3.63) is 83.8 Å². The number of carbonyl (C=O) groups excluding carboxylic acids is 1. The van der Waals surface area contributed by atoms with Crippen molar-refractivity contribution in [2.45, 2.75) is 6.18 Å². The first-order valence-corrected chi connectivity index (χ1v) is 9.37. The SMILES string of the molecule is NC(=O)c1ccc(-c2cc(C(=O)O)cc(-n3cc(-c4ccc(C(F)(F)F)cc4)nn3)c2)cn1. The fourth-order valence-corrected chi connectivity index (χ4v) is 3.10. The van der Waals surface area contributed by atoms with Gasteiger partial charge in [0.05, 0.1) is 23.0 Å². The summed E-state index contributed by atoms with van der Waals surface area (Å²) in [6, 6.07) is 11.9. The van der Waals surface area contributed by atoms with Gasteiger partial charge in [-0.25, -0.2) is 9.48 Å². The molecule has 0 unspecified atom stereocenters. The van der Waals surface area contributed by atoms with E-state index in [0.29, 0.717) is 28.1 Å². The number of pyridine rings is 1. The van der Waals surface area contributed by atoms with Gasteiger partial charge in [0, 0.05) is 17.3 Å². The molecule has 0 saturated heterocycles. The van der Waals surface area contributed by atoms with Gasteiger partial charge in [-0.1, -0.05) is 23.4 Å². The Morgan fingerprint density at radius 3 is 2.21 bits per heavy atom. The predicted octanol–water partition coefficient (Wildman–Crippen LogP) is 3.81. The molecule has 2 heterocycles. The largest absolute Gasteiger partial charge is 0.478 e. The number of primary amides is 1. The molecule has 3 N–H and O–H groups in total. The van der Waals surface area contributed by atoms with Crippen LogP contribution in [0.25, 0.3) is 28.1 Å². The van der Waals surface area contributed by atoms with Crippen LogP contribution in [-0.2, 0) is 6.18 Å². The minimum atomic E-state index is -4.45. The molecule has 166 valence electrons. The van der Waals surface area contributed by atoms with Gasteiger partial charge in [0.2, 0.25) is 0 Å². The summed E-state index contributed by atoms with van der Waals surface area (Å²) >= 11 is 0. The van der Waals surface area contributed by atoms with Gasteiger partial charge in [-0.2, -0.15) is 13.2 Å². The Morgan fingerprint density at radius 1 is 0.939 bits per heavy atom. The standard InChI is InChI=1S/C22H14F3N5O3/c23-22(24,25)16-4-1-12(2-5-16)19-11-30(29-28-19)17-8-14(7-15(9-17)21(32)33)13-3-6-18(20(26)31)27-10-13/h1-11H,(H2,26,31)(H,32,33). The molecule has 4 aromatic rings. The fourth-order valence-electron chi connectivity index (χ4n) is 3.10. The molecule has 0 spiro atoms. The zero-order valence-electron chi connectivity index (χ0n) is 16.6. The molecule has 0 atom stereocenters. The van der Waals surface area contributed by atoms with Crippen LogP contribution in [0.2, 0.25) is 0 Å². The predicted molar refractivity (Wildman–Crippen MR) is 111 cm³/mol. The molecule has 8 nitrogen and oxygen atoms in total. The number of amides is 1. The summed E-state index contributed by atoms with van der Waals surface area (Å²) in [5.41, 5.74) is 6.53. The summed E-state index contributed by atoms with van der Waals surface area (Å²) in [4.78, 5) is 26.8. The van der Waals surface area contributed by atoms with Crippen molar-refractivity contribution in [1.29, 1.82) is 0 Å². The van der Waals surface area contributed by atoms with Crippen LogP contribution in [0.15, 0.2) is 67.0 Å². The first-order valence-electron chi connectivity index (χ1n) is 9.37. The number of nitrogens with zero attached hydrogens (tertiary/aromatic N) is 4. The molecule has 0 radical (unpaired) electrons. The van der Waals surface area contributed by atoms with Crippen LogP contribution < -0.4 is 5.73 Å². The second kappa shape index (κ2) is 8.19. The minimum absolute atomic E-state index is 0.0342. The van der Waals surface area contributed by atoms with Crippen LogP contribution in [0.5, 0.6) is 0 Å². The number of nitrogens with two attached hydrogens (primary N) is 1. The molecule has 11 heteroatoms. The average Bonchev–Trinajstić information content (AvgIpc) is 3.29. The highest BCUT2D eigenvalue weighted by Crippen LogP contribution is 2.31. The van der Waals surface area contributed by atoms with Crippen LogP contribution in [0, 0.1) is 0 Å². The maximum Gasteiger partial charge on any atom is 0.416 e. The number of alkyl halides is 3. The Labute approximate surface area is 184 Å². The lowest BCUT2D eigenvalue weighted by Crippen LogP contribution is -2.12. The Morgan fingerprint density at radius 2 is 1.64 bits per heavy atom. The van der Waals surface area contributed by atoms with E-state index in [1.807, 2.05) is 0 Å². The number of carboxylic acids is 1. The molecule has 0 bridgehead atoms. The maximum absolute atomic E-state index is 12.8. The molecule has 0 fully saturated rings. The van der Waals surface area contributed by atoms with Crippen molar-refractivity contribution in [2.24, 2.45) is 5.73 Å². The molecule has 4 rings (SSSR count). The fraction of sp³-hybridized carbons (Fsp3) is 0.0455. The molecule has 33 heavy (non-hydrogen) atoms. The third-order valence-electron chi connectivity index (χ3n) is 4.78. The molecule has 0 aliphatic rings. The summed E-state index contributed by atoms with van der Waals surface area (Å²) in [6.45, 7) is 0. The number of carboxylic acid groups (broad SMARTS) is 1. The Kier molecular flexibility index (Phi) is 5.38. The molecule has 1 amide bonds. The number of aromatic carboxylic acids is 1. The van der Waals surface area contributed by atoms with Crippen LogP contribution in [0.1, 0.15) is 26.4 Å². The number of aromatic nitrogens is 4. The van der Waals surface area contributed by atoms with E-state index in [9.17, 15) is 27.9 Å². The molecule has 2 aromatic heterocycles. The topological polar surface area (TPSA) is 124 Å². The van der Waals surface area contributed by atoms with Crippen LogP contribution >= 0.6 is 0 Å². The maximum atomic E-state index is 12.8. The Hall–Kier alpha value is -4.54. The van der Waals surface area contributed by atoms with Crippen LogP contribution in [0.4, 0.5) is 13.2 Å². The molecule has 0 aliphatic heterocycles. The number of benzene rings is 2. The second-order valence-electron chi connectivity index (χ2n) is 6.99. The first-order chi connectivity index (χ1) is 15.6. The van der Waals surface area contributed by atoms with Gasteiger partial charge in [-0.3, -0.25) is 9.78 Å². The van der Waals surface area contributed by atoms with Crippen molar-refractivity contribution in [3.8, 4) is 28.1 Å². The molecule has 0 saturated carbocycles. The third-order valence-corrected chi connectivity index (χ3v) is 4.78. The Bertz CT molecular complexity index is 1350. The Balaban J connectivity index is 1.71. The number of rotatable bonds is 5. The monoisotopic (exact) mass is 453 g/mol. The minimum Gasteiger partial charge on any atom is -0.478 e. The lowest BCUT2D eigenvalue weighted by atomic mass is 10.0. The third kappa shape index (κ3) is 4.56. The van der Waals surface area contributed by atoms with E-state index in [2.05, 4.69) is 15.3 Å². The first kappa shape index (κ1) is 21.7. The quantitative estimate of drug-likeness (QED) is 0.474. The van der Waals surface area contributed by atoms with E-state index >= 15 is 0 Å². The zero-order valence-corrected chi connectivity index (χ0v) is 16.6. The van der Waals surface area contributed by atoms with Gasteiger partial charge in [0.15, 0.2) is 0 Å². The van der Waals surface area contributed by atoms with Gasteiger partial charge in [0.25, 0.3) is 5.91 Å². The highest BCUT2D eigenvalue weighted by Gasteiger charge is 2.30. The highest BCUT2D eigenvalue weighted by molar-refractivity contribution is 5.92. The van der Waals surface area contributed by atoms with Crippen molar-refractivity contribution >= 4 is 11.9 Å².